The van der Waals surface area contributed by atoms with E-state index in [2.05, 4.69) is 57.8 Å². The topological polar surface area (TPSA) is 501 Å². The Labute approximate surface area is 474 Å². The van der Waals surface area contributed by atoms with Crippen molar-refractivity contribution in [1.82, 2.24) is 57.8 Å². The van der Waals surface area contributed by atoms with E-state index >= 15 is 0 Å². The van der Waals surface area contributed by atoms with Crippen molar-refractivity contribution >= 4 is 71.0 Å². The summed E-state index contributed by atoms with van der Waals surface area (Å²) in [5, 5.41) is 61.1. The van der Waals surface area contributed by atoms with Crippen LogP contribution in [0.2, 0.25) is 0 Å². The van der Waals surface area contributed by atoms with Gasteiger partial charge in [-0.15, -0.1) is 0 Å². The van der Waals surface area contributed by atoms with Crippen LogP contribution in [0.4, 0.5) is 0 Å². The number of benzene rings is 1. The molecule has 0 fully saturated rings. The molecule has 10 amide bonds. The van der Waals surface area contributed by atoms with Gasteiger partial charge in [0.05, 0.1) is 31.9 Å². The van der Waals surface area contributed by atoms with Gasteiger partial charge in [0.15, 0.2) is 0 Å². The number of carboxylic acid groups (broad SMARTS) is 2. The third-order valence-electron chi connectivity index (χ3n) is 12.9. The minimum Gasteiger partial charge on any atom is -0.508 e. The van der Waals surface area contributed by atoms with Crippen molar-refractivity contribution in [3.63, 3.8) is 0 Å². The number of hydrogen-bond acceptors (Lipinski definition) is 17. The van der Waals surface area contributed by atoms with Crippen molar-refractivity contribution in [1.29, 1.82) is 0 Å². The zero-order valence-corrected chi connectivity index (χ0v) is 47.0. The molecule has 0 aliphatic rings. The Kier molecular flexibility index (Phi) is 30.2. The molecule has 2 rings (SSSR count). The monoisotopic (exact) mass is 1160 g/mol. The molecule has 0 spiro atoms. The summed E-state index contributed by atoms with van der Waals surface area (Å²) in [6.45, 7) is 8.67. The van der Waals surface area contributed by atoms with Gasteiger partial charge in [-0.25, -0.2) is 9.78 Å². The fourth-order valence-electron chi connectivity index (χ4n) is 7.95. The highest BCUT2D eigenvalue weighted by atomic mass is 16.4. The molecular weight excluding hydrogens is 1080 g/mol. The summed E-state index contributed by atoms with van der Waals surface area (Å²) in [6, 6.07) is -8.13. The standard InChI is InChI=1S/C52H82N14O16/c1-7-28(6)42(55)50(79)57-23-40(70)59-38(24-67)49(78)60-32(15-16-41(71)72)44(73)66-43(27(4)5)51(80)65-35(19-29-11-13-31(68)14-12-29)46(75)63-36(20-30-22-56-25-58-30)47(76)64-37(21-39(54)69)48(77)62-34(18-26(2)3)45(74)61-33(52(81)82)10-8-9-17-53/h11-14,22,25-28,32-38,42-43,67-68H,7-10,15-21,23-24,53,55H2,1-6H3,(H2,54,69)(H,56,58)(H,57,79)(H,59,70)(H,60,78)(H,61,74)(H,62,77)(H,63,75)(H,64,76)(H,65,80)(H,66,73)(H,71,72)(H,81,82)/t28?,32-,33-,34-,35-,36-,37-,38-,42-,43-/m0/s1. The Morgan fingerprint density at radius 2 is 1.17 bits per heavy atom. The number of nitrogens with one attached hydrogen (secondary N) is 10. The average molecular weight is 1160 g/mol. The maximum Gasteiger partial charge on any atom is 0.326 e. The summed E-state index contributed by atoms with van der Waals surface area (Å²) < 4.78 is 0. The predicted molar refractivity (Wildman–Crippen MR) is 293 cm³/mol. The van der Waals surface area contributed by atoms with Gasteiger partial charge >= 0.3 is 11.9 Å². The molecule has 1 aromatic carbocycles. The summed E-state index contributed by atoms with van der Waals surface area (Å²) in [4.78, 5) is 166. The number of aromatic amines is 1. The highest BCUT2D eigenvalue weighted by molar-refractivity contribution is 5.99. The molecule has 82 heavy (non-hydrogen) atoms. The number of aromatic nitrogens is 2. The lowest BCUT2D eigenvalue weighted by Gasteiger charge is -2.29. The first kappa shape index (κ1) is 69.9. The second-order valence-corrected chi connectivity index (χ2v) is 20.5. The lowest BCUT2D eigenvalue weighted by molar-refractivity contribution is -0.142. The van der Waals surface area contributed by atoms with Crippen LogP contribution in [-0.4, -0.2) is 175 Å². The van der Waals surface area contributed by atoms with Crippen LogP contribution in [0.15, 0.2) is 36.8 Å². The summed E-state index contributed by atoms with van der Waals surface area (Å²) in [5.74, 6) is -14.0. The Morgan fingerprint density at radius 1 is 0.634 bits per heavy atom. The largest absolute Gasteiger partial charge is 0.508 e. The molecule has 1 heterocycles. The van der Waals surface area contributed by atoms with Crippen molar-refractivity contribution in [2.75, 3.05) is 19.7 Å². The minimum atomic E-state index is -1.77. The number of unbranched alkanes of at least 4 members (excludes halogenated alkanes) is 1. The van der Waals surface area contributed by atoms with E-state index in [9.17, 15) is 78.0 Å². The molecule has 10 atom stereocenters. The van der Waals surface area contributed by atoms with Gasteiger partial charge in [-0.2, -0.15) is 0 Å². The van der Waals surface area contributed by atoms with Crippen LogP contribution in [0.3, 0.4) is 0 Å². The van der Waals surface area contributed by atoms with Crippen molar-refractivity contribution in [3.8, 4) is 5.75 Å². The molecule has 0 bridgehead atoms. The van der Waals surface area contributed by atoms with Crippen molar-refractivity contribution in [3.05, 3.63) is 48.0 Å². The fraction of sp³-hybridized carbons (Fsp3) is 0.596. The Morgan fingerprint density at radius 3 is 1.71 bits per heavy atom. The first-order chi connectivity index (χ1) is 38.6. The summed E-state index contributed by atoms with van der Waals surface area (Å²) >= 11 is 0. The molecule has 0 saturated heterocycles. The molecule has 456 valence electrons. The van der Waals surface area contributed by atoms with Crippen molar-refractivity contribution in [2.24, 2.45) is 35.0 Å². The van der Waals surface area contributed by atoms with Gasteiger partial charge in [0.1, 0.15) is 54.1 Å². The van der Waals surface area contributed by atoms with Crippen LogP contribution >= 0.6 is 0 Å². The van der Waals surface area contributed by atoms with Gasteiger partial charge in [0, 0.05) is 31.2 Å². The zero-order chi connectivity index (χ0) is 61.8. The van der Waals surface area contributed by atoms with E-state index in [1.54, 1.807) is 20.8 Å². The number of amides is 10. The summed E-state index contributed by atoms with van der Waals surface area (Å²) in [6.07, 6.45) is 1.32. The number of carboxylic acids is 2. The van der Waals surface area contributed by atoms with Crippen LogP contribution < -0.4 is 65.1 Å². The van der Waals surface area contributed by atoms with E-state index in [1.165, 1.54) is 50.6 Å². The van der Waals surface area contributed by atoms with Crippen LogP contribution in [0.1, 0.15) is 104 Å². The number of carbonyl (C=O) groups excluding carboxylic acids is 10. The van der Waals surface area contributed by atoms with Gasteiger partial charge in [0.25, 0.3) is 0 Å². The van der Waals surface area contributed by atoms with E-state index in [1.807, 2.05) is 6.92 Å². The zero-order valence-electron chi connectivity index (χ0n) is 47.0. The number of carbonyl (C=O) groups is 12. The number of nitrogens with two attached hydrogens (primary N) is 3. The third-order valence-corrected chi connectivity index (χ3v) is 12.9. The van der Waals surface area contributed by atoms with Crippen LogP contribution in [-0.2, 0) is 70.4 Å². The molecule has 0 saturated carbocycles. The number of hydrogen-bond donors (Lipinski definition) is 17. The van der Waals surface area contributed by atoms with E-state index in [0.717, 1.165) is 0 Å². The second-order valence-electron chi connectivity index (χ2n) is 20.5. The molecular formula is C52H82N14O16. The number of H-pyrrole nitrogens is 1. The number of aliphatic hydroxyl groups is 1. The minimum absolute atomic E-state index is 0.00862. The molecule has 30 nitrogen and oxygen atoms in total. The highest BCUT2D eigenvalue weighted by Crippen LogP contribution is 2.15. The number of nitrogens with zero attached hydrogens (tertiary/aromatic N) is 1. The number of aliphatic hydroxyl groups excluding tert-OH is 1. The number of phenols is 1. The van der Waals surface area contributed by atoms with E-state index in [4.69, 9.17) is 17.2 Å². The number of phenolic OH excluding ortho intramolecular Hbond substituents is 1. The van der Waals surface area contributed by atoms with Gasteiger partial charge in [0.2, 0.25) is 59.1 Å². The predicted octanol–water partition coefficient (Wildman–Crippen LogP) is -4.08. The molecule has 0 aliphatic heterocycles. The van der Waals surface area contributed by atoms with Crippen molar-refractivity contribution < 1.29 is 78.0 Å². The van der Waals surface area contributed by atoms with E-state index < -0.39 is 164 Å². The third kappa shape index (κ3) is 25.0. The van der Waals surface area contributed by atoms with Gasteiger partial charge in [-0.05, 0) is 74.1 Å². The quantitative estimate of drug-likeness (QED) is 0.0284. The van der Waals surface area contributed by atoms with Gasteiger partial charge < -0.3 is 90.5 Å². The van der Waals surface area contributed by atoms with Crippen molar-refractivity contribution in [2.45, 2.75) is 160 Å². The molecule has 1 aromatic heterocycles. The van der Waals surface area contributed by atoms with Crippen LogP contribution in [0.5, 0.6) is 5.75 Å². The molecule has 2 aromatic rings. The first-order valence-electron chi connectivity index (χ1n) is 26.8. The molecule has 0 radical (unpaired) electrons. The normalized spacial score (nSPS) is 14.8. The lowest BCUT2D eigenvalue weighted by Crippen LogP contribution is -2.62. The average Bonchev–Trinajstić information content (AvgIpc) is 3.93. The second kappa shape index (κ2) is 35.5. The number of aromatic hydroxyl groups is 1. The molecule has 30 heteroatoms. The number of primary amides is 1. The lowest BCUT2D eigenvalue weighted by atomic mass is 9.99. The number of aliphatic carboxylic acids is 2. The first-order valence-corrected chi connectivity index (χ1v) is 26.8. The van der Waals surface area contributed by atoms with Crippen LogP contribution in [0, 0.1) is 17.8 Å². The number of rotatable bonds is 38. The molecule has 1 unspecified atom stereocenters. The molecule has 20 N–H and O–H groups in total. The van der Waals surface area contributed by atoms with Crippen LogP contribution in [0.25, 0.3) is 0 Å². The summed E-state index contributed by atoms with van der Waals surface area (Å²) in [5.41, 5.74) is 17.6. The highest BCUT2D eigenvalue weighted by Gasteiger charge is 2.37. The molecule has 0 aliphatic carbocycles. The maximum absolute atomic E-state index is 14.5. The SMILES string of the molecule is CCC(C)[C@H](N)C(=O)NCC(=O)N[C@@H](CO)C(=O)N[C@@H](CCC(=O)O)C(=O)N[C@H](C(=O)N[C@@H](Cc1ccc(O)cc1)C(=O)N[C@@H](Cc1cnc[nH]1)C(=O)N[C@@H](CC(N)=O)C(=O)N[C@@H](CC(C)C)C(=O)N[C@@H](CCCCN)C(=O)O)C(C)C. The fourth-order valence-corrected chi connectivity index (χ4v) is 7.95. The number of imidazole rings is 1. The van der Waals surface area contributed by atoms with Gasteiger partial charge in [-0.1, -0.05) is 60.1 Å². The summed E-state index contributed by atoms with van der Waals surface area (Å²) in [7, 11) is 0. The van der Waals surface area contributed by atoms with E-state index in [0.29, 0.717) is 24.8 Å². The Hall–Kier alpha value is -8.25. The van der Waals surface area contributed by atoms with Gasteiger partial charge in [-0.3, -0.25) is 52.7 Å². The Balaban J connectivity index is 2.48. The smallest absolute Gasteiger partial charge is 0.326 e. The van der Waals surface area contributed by atoms with E-state index in [-0.39, 0.29) is 55.5 Å². The maximum atomic E-state index is 14.5. The Bertz CT molecular complexity index is 2480.